The number of benzene rings is 2. The van der Waals surface area contributed by atoms with Gasteiger partial charge >= 0.3 is 0 Å². The topological polar surface area (TPSA) is 119 Å². The third kappa shape index (κ3) is 3.59. The number of rotatable bonds is 5. The van der Waals surface area contributed by atoms with Crippen molar-refractivity contribution in [1.82, 2.24) is 30.6 Å². The van der Waals surface area contributed by atoms with Crippen LogP contribution in [-0.4, -0.2) is 30.6 Å². The van der Waals surface area contributed by atoms with Gasteiger partial charge in [0, 0.05) is 46.3 Å². The molecule has 0 radical (unpaired) electrons. The van der Waals surface area contributed by atoms with E-state index in [9.17, 15) is 5.26 Å². The van der Waals surface area contributed by atoms with Gasteiger partial charge in [0.05, 0.1) is 11.3 Å². The van der Waals surface area contributed by atoms with E-state index >= 15 is 0 Å². The minimum atomic E-state index is 0.480. The van der Waals surface area contributed by atoms with Crippen molar-refractivity contribution < 1.29 is 0 Å². The third-order valence-corrected chi connectivity index (χ3v) is 5.33. The smallest absolute Gasteiger partial charge is 0.204 e. The molecule has 3 aromatic heterocycles. The Kier molecular flexibility index (Phi) is 4.90. The van der Waals surface area contributed by atoms with Crippen molar-refractivity contribution in [3.63, 3.8) is 0 Å². The zero-order valence-electron chi connectivity index (χ0n) is 17.2. The number of H-pyrrole nitrogens is 2. The first kappa shape index (κ1) is 19.2. The Morgan fingerprint density at radius 3 is 2.69 bits per heavy atom. The molecule has 0 aliphatic carbocycles. The van der Waals surface area contributed by atoms with Crippen molar-refractivity contribution in [1.29, 1.82) is 5.26 Å². The number of nitriles is 1. The first-order chi connectivity index (χ1) is 15.7. The van der Waals surface area contributed by atoms with Gasteiger partial charge in [0.25, 0.3) is 0 Å². The Hall–Kier alpha value is -4.77. The fraction of sp³-hybridized carbons (Fsp3) is 0.0417. The number of aryl methyl sites for hydroxylation is 1. The van der Waals surface area contributed by atoms with Crippen molar-refractivity contribution in [2.45, 2.75) is 6.92 Å². The largest absolute Gasteiger partial charge is 0.361 e. The van der Waals surface area contributed by atoms with Gasteiger partial charge in [0.2, 0.25) is 5.82 Å². The molecule has 8 nitrogen and oxygen atoms in total. The van der Waals surface area contributed by atoms with Gasteiger partial charge in [0.1, 0.15) is 6.07 Å². The van der Waals surface area contributed by atoms with Crippen LogP contribution in [0.15, 0.2) is 61.1 Å². The van der Waals surface area contributed by atoms with Gasteiger partial charge < -0.3 is 10.3 Å². The highest BCUT2D eigenvalue weighted by Gasteiger charge is 2.11. The molecule has 0 fully saturated rings. The van der Waals surface area contributed by atoms with Crippen LogP contribution in [0.2, 0.25) is 0 Å². The summed E-state index contributed by atoms with van der Waals surface area (Å²) in [4.78, 5) is 7.46. The SMILES string of the molecule is Cc1c(Nc2c(C#N)cncc2/C=C/c2ccc(-c3nn[nH]n3)cc2)ccc2[nH]ccc12. The summed E-state index contributed by atoms with van der Waals surface area (Å²) in [6.07, 6.45) is 9.17. The van der Waals surface area contributed by atoms with E-state index in [-0.39, 0.29) is 0 Å². The van der Waals surface area contributed by atoms with Gasteiger partial charge in [-0.2, -0.15) is 10.5 Å². The molecule has 0 amide bonds. The van der Waals surface area contributed by atoms with Crippen LogP contribution in [0.3, 0.4) is 0 Å². The number of aromatic nitrogens is 6. The fourth-order valence-electron chi connectivity index (χ4n) is 3.59. The van der Waals surface area contributed by atoms with Crippen molar-refractivity contribution >= 4 is 34.4 Å². The van der Waals surface area contributed by atoms with Gasteiger partial charge in [-0.3, -0.25) is 4.98 Å². The van der Waals surface area contributed by atoms with E-state index in [1.165, 1.54) is 0 Å². The summed E-state index contributed by atoms with van der Waals surface area (Å²) < 4.78 is 0. The van der Waals surface area contributed by atoms with Crippen molar-refractivity contribution in [2.75, 3.05) is 5.32 Å². The van der Waals surface area contributed by atoms with E-state index in [1.54, 1.807) is 12.4 Å². The molecule has 32 heavy (non-hydrogen) atoms. The standard InChI is InChI=1S/C24H18N8/c1-15-20-10-11-27-22(20)9-8-21(15)28-23-18(13-26-14-19(23)12-25)7-4-16-2-5-17(6-3-16)24-29-31-32-30-24/h2-11,13-14,27H,1H3,(H,26,28)(H,29,30,31,32)/b7-4+. The lowest BCUT2D eigenvalue weighted by Crippen LogP contribution is -1.99. The van der Waals surface area contributed by atoms with Gasteiger partial charge in [-0.05, 0) is 41.5 Å². The van der Waals surface area contributed by atoms with Crippen LogP contribution in [0.5, 0.6) is 0 Å². The number of nitrogens with one attached hydrogen (secondary N) is 3. The van der Waals surface area contributed by atoms with Crippen LogP contribution in [0.1, 0.15) is 22.3 Å². The highest BCUT2D eigenvalue weighted by atomic mass is 15.5. The molecular formula is C24H18N8. The molecule has 154 valence electrons. The van der Waals surface area contributed by atoms with Gasteiger partial charge in [-0.15, -0.1) is 10.2 Å². The number of anilines is 2. The van der Waals surface area contributed by atoms with Crippen molar-refractivity contribution in [3.8, 4) is 17.5 Å². The molecule has 5 aromatic rings. The van der Waals surface area contributed by atoms with Crippen LogP contribution in [0.25, 0.3) is 34.4 Å². The summed E-state index contributed by atoms with van der Waals surface area (Å²) in [5.41, 5.74) is 7.02. The van der Waals surface area contributed by atoms with Crippen LogP contribution in [0.4, 0.5) is 11.4 Å². The highest BCUT2D eigenvalue weighted by molar-refractivity contribution is 5.90. The summed E-state index contributed by atoms with van der Waals surface area (Å²) in [6, 6.07) is 16.1. The zero-order chi connectivity index (χ0) is 21.9. The zero-order valence-corrected chi connectivity index (χ0v) is 17.2. The molecule has 0 bridgehead atoms. The van der Waals surface area contributed by atoms with E-state index in [0.717, 1.165) is 44.5 Å². The van der Waals surface area contributed by atoms with E-state index in [1.807, 2.05) is 60.8 Å². The molecule has 3 N–H and O–H groups in total. The minimum absolute atomic E-state index is 0.480. The number of aromatic amines is 2. The Bertz CT molecular complexity index is 1450. The second-order valence-corrected chi connectivity index (χ2v) is 7.26. The lowest BCUT2D eigenvalue weighted by Gasteiger charge is -2.14. The average Bonchev–Trinajstić information content (AvgIpc) is 3.53. The Morgan fingerprint density at radius 2 is 1.91 bits per heavy atom. The van der Waals surface area contributed by atoms with Gasteiger partial charge in [-0.25, -0.2) is 0 Å². The van der Waals surface area contributed by atoms with Crippen LogP contribution in [-0.2, 0) is 0 Å². The van der Waals surface area contributed by atoms with Crippen LogP contribution in [0, 0.1) is 18.3 Å². The summed E-state index contributed by atoms with van der Waals surface area (Å²) >= 11 is 0. The van der Waals surface area contributed by atoms with E-state index in [0.29, 0.717) is 11.4 Å². The van der Waals surface area contributed by atoms with Gasteiger partial charge in [0.15, 0.2) is 0 Å². The number of nitrogens with zero attached hydrogens (tertiary/aromatic N) is 5. The molecule has 0 aliphatic rings. The number of pyridine rings is 1. The molecule has 0 saturated heterocycles. The Balaban J connectivity index is 1.47. The third-order valence-electron chi connectivity index (χ3n) is 5.33. The van der Waals surface area contributed by atoms with Crippen molar-refractivity contribution in [2.24, 2.45) is 0 Å². The van der Waals surface area contributed by atoms with E-state index < -0.39 is 0 Å². The summed E-state index contributed by atoms with van der Waals surface area (Å²) in [5.74, 6) is 0.549. The monoisotopic (exact) mass is 418 g/mol. The first-order valence-electron chi connectivity index (χ1n) is 9.97. The molecule has 5 rings (SSSR count). The summed E-state index contributed by atoms with van der Waals surface area (Å²) in [6.45, 7) is 2.06. The molecule has 2 aromatic carbocycles. The van der Waals surface area contributed by atoms with E-state index in [4.69, 9.17) is 0 Å². The number of fused-ring (bicyclic) bond motifs is 1. The summed E-state index contributed by atoms with van der Waals surface area (Å²) in [7, 11) is 0. The fourth-order valence-corrected chi connectivity index (χ4v) is 3.59. The Labute approximate surface area is 183 Å². The van der Waals surface area contributed by atoms with Crippen LogP contribution >= 0.6 is 0 Å². The predicted molar refractivity (Wildman–Crippen MR) is 124 cm³/mol. The van der Waals surface area contributed by atoms with Crippen molar-refractivity contribution in [3.05, 3.63) is 83.3 Å². The summed E-state index contributed by atoms with van der Waals surface area (Å²) in [5, 5.41) is 28.3. The molecule has 8 heteroatoms. The maximum absolute atomic E-state index is 9.66. The first-order valence-corrected chi connectivity index (χ1v) is 9.97. The highest BCUT2D eigenvalue weighted by Crippen LogP contribution is 2.31. The number of hydrogen-bond acceptors (Lipinski definition) is 6. The molecular weight excluding hydrogens is 400 g/mol. The quantitative estimate of drug-likeness (QED) is 0.376. The Morgan fingerprint density at radius 1 is 1.03 bits per heavy atom. The van der Waals surface area contributed by atoms with Crippen LogP contribution < -0.4 is 5.32 Å². The maximum atomic E-state index is 9.66. The lowest BCUT2D eigenvalue weighted by atomic mass is 10.1. The maximum Gasteiger partial charge on any atom is 0.204 e. The average molecular weight is 418 g/mol. The minimum Gasteiger partial charge on any atom is -0.361 e. The van der Waals surface area contributed by atoms with E-state index in [2.05, 4.69) is 48.9 Å². The normalized spacial score (nSPS) is 11.1. The predicted octanol–water partition coefficient (Wildman–Crippen LogP) is 4.84. The second kappa shape index (κ2) is 8.16. The van der Waals surface area contributed by atoms with Gasteiger partial charge in [-0.1, -0.05) is 36.4 Å². The molecule has 0 unspecified atom stereocenters. The molecule has 0 saturated carbocycles. The molecule has 3 heterocycles. The number of hydrogen-bond donors (Lipinski definition) is 3. The molecule has 0 atom stereocenters. The lowest BCUT2D eigenvalue weighted by molar-refractivity contribution is 0.881. The second-order valence-electron chi connectivity index (χ2n) is 7.26. The molecule has 0 spiro atoms. The number of tetrazole rings is 1. The molecule has 0 aliphatic heterocycles.